The first-order valence-corrected chi connectivity index (χ1v) is 9.08. The Hall–Kier alpha value is -1.98. The molecule has 0 aliphatic carbocycles. The maximum absolute atomic E-state index is 13.3. The number of methoxy groups -OCH3 is 1. The number of anilines is 1. The van der Waals surface area contributed by atoms with E-state index in [4.69, 9.17) is 9.26 Å². The van der Waals surface area contributed by atoms with Crippen LogP contribution in [-0.4, -0.2) is 20.0 Å². The molecule has 0 fully saturated rings. The molecule has 0 heterocycles. The fourth-order valence-electron chi connectivity index (χ4n) is 2.06. The van der Waals surface area contributed by atoms with E-state index in [2.05, 4.69) is 5.09 Å². The predicted molar refractivity (Wildman–Crippen MR) is 86.5 cm³/mol. The molecule has 2 aromatic carbocycles. The quantitative estimate of drug-likeness (QED) is 0.716. The fraction of sp³-hybridized carbons (Fsp3) is 0.250. The zero-order valence-electron chi connectivity index (χ0n) is 13.1. The number of halogens is 3. The van der Waals surface area contributed by atoms with Crippen molar-refractivity contribution in [1.29, 1.82) is 0 Å². The second-order valence-electron chi connectivity index (χ2n) is 5.12. The van der Waals surface area contributed by atoms with Gasteiger partial charge in [-0.2, -0.15) is 13.2 Å². The van der Waals surface area contributed by atoms with Gasteiger partial charge in [-0.3, -0.25) is 9.09 Å². The van der Waals surface area contributed by atoms with Gasteiger partial charge >= 0.3 is 6.18 Å². The molecule has 0 aliphatic heterocycles. The van der Waals surface area contributed by atoms with Gasteiger partial charge in [-0.25, -0.2) is 0 Å². The summed E-state index contributed by atoms with van der Waals surface area (Å²) >= 11 is 0. The minimum absolute atomic E-state index is 0.108. The lowest BCUT2D eigenvalue weighted by molar-refractivity contribution is -0.197. The SMILES string of the molecule is COc1ccc(N[P@@](C)(=O)O[C@@H](c2ccccc2)C(F)(F)F)cc1. The second kappa shape index (κ2) is 7.28. The summed E-state index contributed by atoms with van der Waals surface area (Å²) in [7, 11) is -2.28. The number of ether oxygens (including phenoxy) is 1. The molecule has 0 aliphatic rings. The van der Waals surface area contributed by atoms with E-state index in [0.29, 0.717) is 11.4 Å². The highest BCUT2D eigenvalue weighted by atomic mass is 31.2. The van der Waals surface area contributed by atoms with Gasteiger partial charge < -0.3 is 9.82 Å². The number of rotatable bonds is 6. The Kier molecular flexibility index (Phi) is 5.57. The lowest BCUT2D eigenvalue weighted by atomic mass is 10.1. The van der Waals surface area contributed by atoms with Gasteiger partial charge in [0.15, 0.2) is 6.10 Å². The number of alkyl halides is 3. The van der Waals surface area contributed by atoms with Gasteiger partial charge in [0.25, 0.3) is 7.52 Å². The molecule has 2 rings (SSSR count). The smallest absolute Gasteiger partial charge is 0.419 e. The van der Waals surface area contributed by atoms with Crippen molar-refractivity contribution in [2.45, 2.75) is 12.3 Å². The summed E-state index contributed by atoms with van der Waals surface area (Å²) in [6.45, 7) is 1.11. The molecule has 8 heteroatoms. The van der Waals surface area contributed by atoms with E-state index in [1.54, 1.807) is 30.3 Å². The van der Waals surface area contributed by atoms with Gasteiger partial charge in [0.1, 0.15) is 5.75 Å². The maximum Gasteiger partial charge on any atom is 0.419 e. The Morgan fingerprint density at radius 2 is 1.62 bits per heavy atom. The van der Waals surface area contributed by atoms with Gasteiger partial charge in [0.05, 0.1) is 7.11 Å². The molecule has 0 bridgehead atoms. The van der Waals surface area contributed by atoms with Crippen molar-refractivity contribution in [2.24, 2.45) is 0 Å². The Morgan fingerprint density at radius 1 is 1.04 bits per heavy atom. The standard InChI is InChI=1S/C16H17F3NO3P/c1-22-14-10-8-13(9-11-14)20-24(2,21)23-15(16(17,18)19)12-6-4-3-5-7-12/h3-11,15H,1-2H3,(H,20,21)/t15-,24-/m0/s1. The first kappa shape index (κ1) is 18.4. The Bertz CT molecular complexity index is 705. The van der Waals surface area contributed by atoms with Crippen LogP contribution in [0.15, 0.2) is 54.6 Å². The average molecular weight is 359 g/mol. The van der Waals surface area contributed by atoms with Crippen molar-refractivity contribution in [3.63, 3.8) is 0 Å². The summed E-state index contributed by atoms with van der Waals surface area (Å²) in [5.41, 5.74) is 0.263. The molecule has 0 saturated carbocycles. The minimum atomic E-state index is -4.69. The summed E-state index contributed by atoms with van der Waals surface area (Å²) in [5, 5.41) is 2.52. The van der Waals surface area contributed by atoms with Crippen LogP contribution in [-0.2, 0) is 9.09 Å². The van der Waals surface area contributed by atoms with Gasteiger partial charge in [-0.05, 0) is 29.8 Å². The number of benzene rings is 2. The van der Waals surface area contributed by atoms with Crippen LogP contribution >= 0.6 is 7.52 Å². The number of nitrogens with one attached hydrogen (secondary N) is 1. The van der Waals surface area contributed by atoms with Crippen LogP contribution in [0.4, 0.5) is 18.9 Å². The molecule has 1 N–H and O–H groups in total. The summed E-state index contributed by atoms with van der Waals surface area (Å²) in [6, 6.07) is 13.4. The minimum Gasteiger partial charge on any atom is -0.497 e. The monoisotopic (exact) mass is 359 g/mol. The highest BCUT2D eigenvalue weighted by molar-refractivity contribution is 7.59. The molecule has 24 heavy (non-hydrogen) atoms. The van der Waals surface area contributed by atoms with Crippen LogP contribution in [0.1, 0.15) is 11.7 Å². The first-order valence-electron chi connectivity index (χ1n) is 7.01. The van der Waals surface area contributed by atoms with E-state index in [-0.39, 0.29) is 5.56 Å². The van der Waals surface area contributed by atoms with Crippen molar-refractivity contribution >= 4 is 13.2 Å². The molecule has 130 valence electrons. The summed E-state index contributed by atoms with van der Waals surface area (Å²) < 4.78 is 62.3. The van der Waals surface area contributed by atoms with Gasteiger partial charge in [-0.1, -0.05) is 30.3 Å². The van der Waals surface area contributed by atoms with E-state index in [1.807, 2.05) is 0 Å². The molecular weight excluding hydrogens is 342 g/mol. The van der Waals surface area contributed by atoms with Crippen LogP contribution < -0.4 is 9.82 Å². The predicted octanol–water partition coefficient (Wildman–Crippen LogP) is 5.25. The first-order chi connectivity index (χ1) is 11.2. The van der Waals surface area contributed by atoms with Crippen LogP contribution in [0.3, 0.4) is 0 Å². The molecular formula is C16H17F3NO3P. The average Bonchev–Trinajstić information content (AvgIpc) is 2.53. The zero-order chi connectivity index (χ0) is 17.8. The van der Waals surface area contributed by atoms with Crippen LogP contribution in [0.5, 0.6) is 5.75 Å². The van der Waals surface area contributed by atoms with Crippen molar-refractivity contribution in [3.8, 4) is 5.75 Å². The molecule has 2 aromatic rings. The molecule has 0 saturated heterocycles. The van der Waals surface area contributed by atoms with Crippen molar-refractivity contribution in [2.75, 3.05) is 18.9 Å². The highest BCUT2D eigenvalue weighted by Gasteiger charge is 2.45. The van der Waals surface area contributed by atoms with E-state index in [9.17, 15) is 17.7 Å². The van der Waals surface area contributed by atoms with Crippen LogP contribution in [0.2, 0.25) is 0 Å². The summed E-state index contributed by atoms with van der Waals surface area (Å²) in [6.07, 6.45) is -6.96. The molecule has 0 unspecified atom stereocenters. The van der Waals surface area contributed by atoms with E-state index >= 15 is 0 Å². The number of hydrogen-bond acceptors (Lipinski definition) is 3. The van der Waals surface area contributed by atoms with E-state index in [1.165, 1.54) is 31.4 Å². The third-order valence-corrected chi connectivity index (χ3v) is 4.41. The molecule has 0 spiro atoms. The molecule has 0 radical (unpaired) electrons. The Labute approximate surface area is 138 Å². The third kappa shape index (κ3) is 5.01. The largest absolute Gasteiger partial charge is 0.497 e. The topological polar surface area (TPSA) is 47.6 Å². The molecule has 0 amide bonds. The van der Waals surface area contributed by atoms with Crippen molar-refractivity contribution in [3.05, 3.63) is 60.2 Å². The highest BCUT2D eigenvalue weighted by Crippen LogP contribution is 2.51. The van der Waals surface area contributed by atoms with Crippen LogP contribution in [0, 0.1) is 0 Å². The third-order valence-electron chi connectivity index (χ3n) is 3.13. The fourth-order valence-corrected chi connectivity index (χ4v) is 3.38. The van der Waals surface area contributed by atoms with E-state index in [0.717, 1.165) is 6.66 Å². The maximum atomic E-state index is 13.3. The van der Waals surface area contributed by atoms with Gasteiger partial charge in [0, 0.05) is 12.4 Å². The summed E-state index contributed by atoms with van der Waals surface area (Å²) in [5.74, 6) is 0.574. The van der Waals surface area contributed by atoms with Gasteiger partial charge in [0.2, 0.25) is 0 Å². The van der Waals surface area contributed by atoms with E-state index < -0.39 is 19.8 Å². The number of hydrogen-bond donors (Lipinski definition) is 1. The van der Waals surface area contributed by atoms with Gasteiger partial charge in [-0.15, -0.1) is 0 Å². The van der Waals surface area contributed by atoms with Crippen molar-refractivity contribution < 1.29 is 27.0 Å². The van der Waals surface area contributed by atoms with Crippen molar-refractivity contribution in [1.82, 2.24) is 0 Å². The lowest BCUT2D eigenvalue weighted by Crippen LogP contribution is -2.23. The Balaban J connectivity index is 2.19. The zero-order valence-corrected chi connectivity index (χ0v) is 14.0. The molecule has 0 aromatic heterocycles. The van der Waals surface area contributed by atoms with Crippen LogP contribution in [0.25, 0.3) is 0 Å². The second-order valence-corrected chi connectivity index (χ2v) is 7.25. The Morgan fingerprint density at radius 3 is 2.12 bits per heavy atom. The molecule has 2 atom stereocenters. The normalized spacial score (nSPS) is 15.4. The lowest BCUT2D eigenvalue weighted by Gasteiger charge is -2.25. The summed E-state index contributed by atoms with van der Waals surface area (Å²) in [4.78, 5) is 0. The molecule has 4 nitrogen and oxygen atoms in total.